The van der Waals surface area contributed by atoms with Gasteiger partial charge in [0.2, 0.25) is 5.88 Å². The van der Waals surface area contributed by atoms with E-state index in [0.717, 1.165) is 17.7 Å². The summed E-state index contributed by atoms with van der Waals surface area (Å²) in [5.74, 6) is 1.09. The topological polar surface area (TPSA) is 52.8 Å². The van der Waals surface area contributed by atoms with Crippen molar-refractivity contribution in [1.82, 2.24) is 19.5 Å². The SMILES string of the molecule is COc1ncnc2c1ncn2CC(C)C. The van der Waals surface area contributed by atoms with E-state index in [4.69, 9.17) is 4.74 Å². The maximum atomic E-state index is 5.12. The van der Waals surface area contributed by atoms with Gasteiger partial charge in [-0.05, 0) is 5.92 Å². The maximum absolute atomic E-state index is 5.12. The molecule has 0 aliphatic heterocycles. The van der Waals surface area contributed by atoms with Gasteiger partial charge >= 0.3 is 0 Å². The highest BCUT2D eigenvalue weighted by Crippen LogP contribution is 2.19. The summed E-state index contributed by atoms with van der Waals surface area (Å²) in [6.07, 6.45) is 3.28. The van der Waals surface area contributed by atoms with Crippen molar-refractivity contribution < 1.29 is 4.74 Å². The molecule has 0 fully saturated rings. The molecule has 0 N–H and O–H groups in total. The molecule has 0 radical (unpaired) electrons. The standard InChI is InChI=1S/C10H14N4O/c1-7(2)4-14-6-13-8-9(14)11-5-12-10(8)15-3/h5-7H,4H2,1-3H3. The van der Waals surface area contributed by atoms with Crippen LogP contribution in [0.5, 0.6) is 5.88 Å². The third-order valence-electron chi connectivity index (χ3n) is 2.12. The van der Waals surface area contributed by atoms with Gasteiger partial charge in [0.25, 0.3) is 0 Å². The maximum Gasteiger partial charge on any atom is 0.245 e. The van der Waals surface area contributed by atoms with Crippen LogP contribution in [0.25, 0.3) is 11.2 Å². The van der Waals surface area contributed by atoms with Gasteiger partial charge in [0.1, 0.15) is 6.33 Å². The van der Waals surface area contributed by atoms with Crippen molar-refractivity contribution in [2.24, 2.45) is 5.92 Å². The molecule has 0 spiro atoms. The molecule has 0 bridgehead atoms. The highest BCUT2D eigenvalue weighted by atomic mass is 16.5. The molecule has 2 aromatic heterocycles. The van der Waals surface area contributed by atoms with Crippen LogP contribution >= 0.6 is 0 Å². The summed E-state index contributed by atoms with van der Waals surface area (Å²) in [4.78, 5) is 12.5. The minimum absolute atomic E-state index is 0.530. The summed E-state index contributed by atoms with van der Waals surface area (Å²) >= 11 is 0. The lowest BCUT2D eigenvalue weighted by Crippen LogP contribution is -2.03. The van der Waals surface area contributed by atoms with Gasteiger partial charge < -0.3 is 9.30 Å². The van der Waals surface area contributed by atoms with Crippen molar-refractivity contribution in [2.75, 3.05) is 7.11 Å². The van der Waals surface area contributed by atoms with Gasteiger partial charge in [0.05, 0.1) is 13.4 Å². The third kappa shape index (κ3) is 1.77. The van der Waals surface area contributed by atoms with Crippen LogP contribution in [0.15, 0.2) is 12.7 Å². The second-order valence-corrected chi connectivity index (χ2v) is 3.85. The number of imidazole rings is 1. The first kappa shape index (κ1) is 9.89. The van der Waals surface area contributed by atoms with Crippen molar-refractivity contribution in [2.45, 2.75) is 20.4 Å². The number of rotatable bonds is 3. The molecule has 80 valence electrons. The lowest BCUT2D eigenvalue weighted by molar-refractivity contribution is 0.401. The van der Waals surface area contributed by atoms with E-state index in [9.17, 15) is 0 Å². The summed E-state index contributed by atoms with van der Waals surface area (Å²) < 4.78 is 7.14. The van der Waals surface area contributed by atoms with Gasteiger partial charge in [0, 0.05) is 6.54 Å². The molecule has 15 heavy (non-hydrogen) atoms. The number of methoxy groups -OCH3 is 1. The van der Waals surface area contributed by atoms with Crippen LogP contribution in [0.2, 0.25) is 0 Å². The Bertz CT molecular complexity index is 463. The van der Waals surface area contributed by atoms with Crippen molar-refractivity contribution in [3.63, 3.8) is 0 Å². The number of fused-ring (bicyclic) bond motifs is 1. The Hall–Kier alpha value is -1.65. The van der Waals surface area contributed by atoms with Crippen molar-refractivity contribution in [3.8, 4) is 5.88 Å². The van der Waals surface area contributed by atoms with E-state index in [2.05, 4.69) is 28.8 Å². The fourth-order valence-corrected chi connectivity index (χ4v) is 1.54. The average molecular weight is 206 g/mol. The first-order valence-corrected chi connectivity index (χ1v) is 4.92. The second-order valence-electron chi connectivity index (χ2n) is 3.85. The molecule has 0 aliphatic carbocycles. The van der Waals surface area contributed by atoms with Gasteiger partial charge in [-0.1, -0.05) is 13.8 Å². The van der Waals surface area contributed by atoms with E-state index in [1.54, 1.807) is 13.4 Å². The zero-order valence-corrected chi connectivity index (χ0v) is 9.14. The summed E-state index contributed by atoms with van der Waals surface area (Å²) in [7, 11) is 1.59. The van der Waals surface area contributed by atoms with E-state index in [1.165, 1.54) is 6.33 Å². The number of aromatic nitrogens is 4. The monoisotopic (exact) mass is 206 g/mol. The van der Waals surface area contributed by atoms with E-state index < -0.39 is 0 Å². The van der Waals surface area contributed by atoms with Crippen molar-refractivity contribution in [1.29, 1.82) is 0 Å². The lowest BCUT2D eigenvalue weighted by atomic mass is 10.2. The molecule has 2 aromatic rings. The van der Waals surface area contributed by atoms with Crippen LogP contribution in [0, 0.1) is 5.92 Å². The van der Waals surface area contributed by atoms with Crippen LogP contribution in [-0.2, 0) is 6.54 Å². The Labute approximate surface area is 88.1 Å². The van der Waals surface area contributed by atoms with E-state index >= 15 is 0 Å². The van der Waals surface area contributed by atoms with Crippen LogP contribution in [-0.4, -0.2) is 26.6 Å². The number of ether oxygens (including phenoxy) is 1. The molecule has 0 saturated heterocycles. The Morgan fingerprint density at radius 1 is 1.33 bits per heavy atom. The summed E-state index contributed by atoms with van der Waals surface area (Å²) in [6, 6.07) is 0. The minimum atomic E-state index is 0.530. The van der Waals surface area contributed by atoms with Crippen LogP contribution in [0.1, 0.15) is 13.8 Å². The number of hydrogen-bond acceptors (Lipinski definition) is 4. The third-order valence-corrected chi connectivity index (χ3v) is 2.12. The van der Waals surface area contributed by atoms with Gasteiger partial charge in [-0.2, -0.15) is 4.98 Å². The molecular weight excluding hydrogens is 192 g/mol. The molecular formula is C10H14N4O. The quantitative estimate of drug-likeness (QED) is 0.763. The molecule has 0 atom stereocenters. The fraction of sp³-hybridized carbons (Fsp3) is 0.500. The Morgan fingerprint density at radius 3 is 2.80 bits per heavy atom. The van der Waals surface area contributed by atoms with Gasteiger partial charge in [0.15, 0.2) is 11.2 Å². The fourth-order valence-electron chi connectivity index (χ4n) is 1.54. The highest BCUT2D eigenvalue weighted by molar-refractivity contribution is 5.75. The second kappa shape index (κ2) is 3.84. The summed E-state index contributed by atoms with van der Waals surface area (Å²) in [5.41, 5.74) is 1.55. The van der Waals surface area contributed by atoms with Crippen molar-refractivity contribution >= 4 is 11.2 Å². The normalized spacial score (nSPS) is 11.2. The number of nitrogens with zero attached hydrogens (tertiary/aromatic N) is 4. The predicted molar refractivity (Wildman–Crippen MR) is 56.7 cm³/mol. The van der Waals surface area contributed by atoms with Gasteiger partial charge in [-0.3, -0.25) is 0 Å². The molecule has 0 saturated carbocycles. The van der Waals surface area contributed by atoms with E-state index in [0.29, 0.717) is 11.8 Å². The van der Waals surface area contributed by atoms with E-state index in [-0.39, 0.29) is 0 Å². The largest absolute Gasteiger partial charge is 0.479 e. The molecule has 0 unspecified atom stereocenters. The van der Waals surface area contributed by atoms with Crippen LogP contribution < -0.4 is 4.74 Å². The molecule has 0 amide bonds. The summed E-state index contributed by atoms with van der Waals surface area (Å²) in [6.45, 7) is 5.21. The Kier molecular flexibility index (Phi) is 2.53. The van der Waals surface area contributed by atoms with Gasteiger partial charge in [-0.25, -0.2) is 9.97 Å². The average Bonchev–Trinajstić information content (AvgIpc) is 2.61. The Morgan fingerprint density at radius 2 is 2.13 bits per heavy atom. The van der Waals surface area contributed by atoms with Crippen LogP contribution in [0.4, 0.5) is 0 Å². The van der Waals surface area contributed by atoms with Gasteiger partial charge in [-0.15, -0.1) is 0 Å². The lowest BCUT2D eigenvalue weighted by Gasteiger charge is -2.06. The highest BCUT2D eigenvalue weighted by Gasteiger charge is 2.10. The molecule has 0 aliphatic rings. The first-order valence-electron chi connectivity index (χ1n) is 4.92. The molecule has 2 rings (SSSR count). The molecule has 5 heteroatoms. The molecule has 2 heterocycles. The molecule has 5 nitrogen and oxygen atoms in total. The molecule has 0 aromatic carbocycles. The Balaban J connectivity index is 2.51. The summed E-state index contributed by atoms with van der Waals surface area (Å²) in [5, 5.41) is 0. The first-order chi connectivity index (χ1) is 7.22. The zero-order valence-electron chi connectivity index (χ0n) is 9.14. The number of hydrogen-bond donors (Lipinski definition) is 0. The predicted octanol–water partition coefficient (Wildman–Crippen LogP) is 1.49. The zero-order chi connectivity index (χ0) is 10.8. The minimum Gasteiger partial charge on any atom is -0.479 e. The van der Waals surface area contributed by atoms with Crippen molar-refractivity contribution in [3.05, 3.63) is 12.7 Å². The van der Waals surface area contributed by atoms with Crippen LogP contribution in [0.3, 0.4) is 0 Å². The van der Waals surface area contributed by atoms with E-state index in [1.807, 2.05) is 4.57 Å². The smallest absolute Gasteiger partial charge is 0.245 e.